The normalized spacial score (nSPS) is 14.5. The first-order valence-electron chi connectivity index (χ1n) is 6.95. The average Bonchev–Trinajstić information content (AvgIpc) is 3.20. The van der Waals surface area contributed by atoms with Gasteiger partial charge in [0.2, 0.25) is 0 Å². The number of rotatable bonds is 9. The van der Waals surface area contributed by atoms with E-state index in [0.717, 1.165) is 30.5 Å². The van der Waals surface area contributed by atoms with Gasteiger partial charge in [-0.3, -0.25) is 0 Å². The van der Waals surface area contributed by atoms with Crippen molar-refractivity contribution in [2.75, 3.05) is 26.3 Å². The highest BCUT2D eigenvalue weighted by atomic mass is 16.5. The highest BCUT2D eigenvalue weighted by Crippen LogP contribution is 2.31. The summed E-state index contributed by atoms with van der Waals surface area (Å²) < 4.78 is 11.2. The van der Waals surface area contributed by atoms with Crippen LogP contribution in [0.1, 0.15) is 26.2 Å². The zero-order valence-corrected chi connectivity index (χ0v) is 11.2. The van der Waals surface area contributed by atoms with Gasteiger partial charge in [-0.05, 0) is 37.9 Å². The van der Waals surface area contributed by atoms with Gasteiger partial charge in [0.1, 0.15) is 6.61 Å². The number of para-hydroxylation sites is 2. The van der Waals surface area contributed by atoms with Gasteiger partial charge in [0.25, 0.3) is 0 Å². The van der Waals surface area contributed by atoms with Gasteiger partial charge in [-0.2, -0.15) is 0 Å². The summed E-state index contributed by atoms with van der Waals surface area (Å²) in [5, 5.41) is 3.41. The van der Waals surface area contributed by atoms with E-state index in [1.807, 2.05) is 31.2 Å². The fourth-order valence-corrected chi connectivity index (χ4v) is 1.92. The summed E-state index contributed by atoms with van der Waals surface area (Å²) >= 11 is 0. The zero-order valence-electron chi connectivity index (χ0n) is 11.2. The predicted octanol–water partition coefficient (Wildman–Crippen LogP) is 2.85. The number of benzene rings is 1. The lowest BCUT2D eigenvalue weighted by Crippen LogP contribution is -2.22. The van der Waals surface area contributed by atoms with Gasteiger partial charge in [-0.25, -0.2) is 0 Å². The van der Waals surface area contributed by atoms with Crippen molar-refractivity contribution in [3.05, 3.63) is 24.3 Å². The lowest BCUT2D eigenvalue weighted by molar-refractivity contribution is 0.275. The molecule has 0 amide bonds. The molecule has 0 bridgehead atoms. The van der Waals surface area contributed by atoms with Crippen molar-refractivity contribution < 1.29 is 9.47 Å². The highest BCUT2D eigenvalue weighted by Gasteiger charge is 2.19. The molecule has 1 aliphatic carbocycles. The van der Waals surface area contributed by atoms with Crippen LogP contribution in [0.25, 0.3) is 0 Å². The van der Waals surface area contributed by atoms with E-state index < -0.39 is 0 Å². The molecule has 3 heteroatoms. The summed E-state index contributed by atoms with van der Waals surface area (Å²) in [6.45, 7) is 5.35. The second-order valence-electron chi connectivity index (χ2n) is 4.71. The van der Waals surface area contributed by atoms with E-state index >= 15 is 0 Å². The fourth-order valence-electron chi connectivity index (χ4n) is 1.92. The van der Waals surface area contributed by atoms with E-state index in [9.17, 15) is 0 Å². The molecule has 0 atom stereocenters. The Balaban J connectivity index is 1.62. The van der Waals surface area contributed by atoms with Gasteiger partial charge >= 0.3 is 0 Å². The molecule has 0 heterocycles. The molecule has 100 valence electrons. The molecule has 0 spiro atoms. The van der Waals surface area contributed by atoms with Crippen LogP contribution in [0.2, 0.25) is 0 Å². The largest absolute Gasteiger partial charge is 0.490 e. The zero-order chi connectivity index (χ0) is 12.6. The molecule has 0 aromatic heterocycles. The standard InChI is InChI=1S/C15H23NO2/c1-2-17-14-5-3-4-6-15(14)18-12-11-16-10-9-13-7-8-13/h3-6,13,16H,2,7-12H2,1H3. The van der Waals surface area contributed by atoms with E-state index in [2.05, 4.69) is 5.32 Å². The van der Waals surface area contributed by atoms with Crippen LogP contribution >= 0.6 is 0 Å². The fraction of sp³-hybridized carbons (Fsp3) is 0.600. The molecule has 1 aliphatic rings. The Kier molecular flexibility index (Phi) is 5.34. The molecular formula is C15H23NO2. The Morgan fingerprint density at radius 2 is 1.83 bits per heavy atom. The third kappa shape index (κ3) is 4.57. The molecule has 3 nitrogen and oxygen atoms in total. The predicted molar refractivity (Wildman–Crippen MR) is 73.3 cm³/mol. The second-order valence-corrected chi connectivity index (χ2v) is 4.71. The first-order chi connectivity index (χ1) is 8.90. The molecule has 1 saturated carbocycles. The SMILES string of the molecule is CCOc1ccccc1OCCNCCC1CC1. The van der Waals surface area contributed by atoms with Crippen LogP contribution in [-0.4, -0.2) is 26.3 Å². The monoisotopic (exact) mass is 249 g/mol. The van der Waals surface area contributed by atoms with Crippen molar-refractivity contribution in [1.29, 1.82) is 0 Å². The number of hydrogen-bond acceptors (Lipinski definition) is 3. The van der Waals surface area contributed by atoms with E-state index in [-0.39, 0.29) is 0 Å². The van der Waals surface area contributed by atoms with Crippen molar-refractivity contribution in [3.8, 4) is 11.5 Å². The van der Waals surface area contributed by atoms with Crippen molar-refractivity contribution >= 4 is 0 Å². The van der Waals surface area contributed by atoms with Crippen LogP contribution in [0.5, 0.6) is 11.5 Å². The van der Waals surface area contributed by atoms with Crippen molar-refractivity contribution in [1.82, 2.24) is 5.32 Å². The minimum absolute atomic E-state index is 0.667. The molecule has 2 rings (SSSR count). The first-order valence-corrected chi connectivity index (χ1v) is 6.95. The van der Waals surface area contributed by atoms with Crippen molar-refractivity contribution in [2.45, 2.75) is 26.2 Å². The van der Waals surface area contributed by atoms with Crippen molar-refractivity contribution in [3.63, 3.8) is 0 Å². The third-order valence-electron chi connectivity index (χ3n) is 3.11. The van der Waals surface area contributed by atoms with E-state index in [1.54, 1.807) is 0 Å². The minimum Gasteiger partial charge on any atom is -0.490 e. The van der Waals surface area contributed by atoms with E-state index in [0.29, 0.717) is 13.2 Å². The lowest BCUT2D eigenvalue weighted by atomic mass is 10.3. The molecule has 0 aliphatic heterocycles. The first kappa shape index (κ1) is 13.2. The van der Waals surface area contributed by atoms with Gasteiger partial charge in [0, 0.05) is 6.54 Å². The molecular weight excluding hydrogens is 226 g/mol. The summed E-state index contributed by atoms with van der Waals surface area (Å²) in [5.41, 5.74) is 0. The number of hydrogen-bond donors (Lipinski definition) is 1. The molecule has 1 aromatic rings. The van der Waals surface area contributed by atoms with Crippen LogP contribution in [0.3, 0.4) is 0 Å². The van der Waals surface area contributed by atoms with Crippen LogP contribution in [0.15, 0.2) is 24.3 Å². The van der Waals surface area contributed by atoms with Gasteiger partial charge < -0.3 is 14.8 Å². The van der Waals surface area contributed by atoms with Crippen LogP contribution in [-0.2, 0) is 0 Å². The maximum atomic E-state index is 5.72. The average molecular weight is 249 g/mol. The third-order valence-corrected chi connectivity index (χ3v) is 3.11. The maximum Gasteiger partial charge on any atom is 0.161 e. The van der Waals surface area contributed by atoms with Gasteiger partial charge in [0.05, 0.1) is 6.61 Å². The highest BCUT2D eigenvalue weighted by molar-refractivity contribution is 5.39. The molecule has 1 fully saturated rings. The Morgan fingerprint density at radius 3 is 2.50 bits per heavy atom. The Labute approximate surface area is 109 Å². The van der Waals surface area contributed by atoms with Gasteiger partial charge in [-0.1, -0.05) is 25.0 Å². The molecule has 0 radical (unpaired) electrons. The van der Waals surface area contributed by atoms with Crippen molar-refractivity contribution in [2.24, 2.45) is 5.92 Å². The van der Waals surface area contributed by atoms with E-state index in [1.165, 1.54) is 19.3 Å². The molecule has 0 unspecified atom stereocenters. The number of ether oxygens (including phenoxy) is 2. The maximum absolute atomic E-state index is 5.72. The minimum atomic E-state index is 0.667. The molecule has 0 saturated heterocycles. The molecule has 1 aromatic carbocycles. The summed E-state index contributed by atoms with van der Waals surface area (Å²) in [5.74, 6) is 2.67. The topological polar surface area (TPSA) is 30.5 Å². The summed E-state index contributed by atoms with van der Waals surface area (Å²) in [4.78, 5) is 0. The molecule has 1 N–H and O–H groups in total. The second kappa shape index (κ2) is 7.27. The quantitative estimate of drug-likeness (QED) is 0.683. The summed E-state index contributed by atoms with van der Waals surface area (Å²) in [6.07, 6.45) is 4.18. The number of nitrogens with one attached hydrogen (secondary N) is 1. The summed E-state index contributed by atoms with van der Waals surface area (Å²) in [6, 6.07) is 7.83. The van der Waals surface area contributed by atoms with Crippen LogP contribution in [0.4, 0.5) is 0 Å². The van der Waals surface area contributed by atoms with Gasteiger partial charge in [-0.15, -0.1) is 0 Å². The van der Waals surface area contributed by atoms with Gasteiger partial charge in [0.15, 0.2) is 11.5 Å². The summed E-state index contributed by atoms with van der Waals surface area (Å²) in [7, 11) is 0. The smallest absolute Gasteiger partial charge is 0.161 e. The van der Waals surface area contributed by atoms with Crippen LogP contribution < -0.4 is 14.8 Å². The Bertz CT molecular complexity index is 350. The Morgan fingerprint density at radius 1 is 1.11 bits per heavy atom. The van der Waals surface area contributed by atoms with E-state index in [4.69, 9.17) is 9.47 Å². The van der Waals surface area contributed by atoms with Crippen LogP contribution in [0, 0.1) is 5.92 Å². The lowest BCUT2D eigenvalue weighted by Gasteiger charge is -2.11. The Hall–Kier alpha value is -1.22. The molecule has 18 heavy (non-hydrogen) atoms.